The summed E-state index contributed by atoms with van der Waals surface area (Å²) >= 11 is 3.52. The molecule has 5 nitrogen and oxygen atoms in total. The van der Waals surface area contributed by atoms with Crippen molar-refractivity contribution in [2.45, 2.75) is 19.9 Å². The Morgan fingerprint density at radius 2 is 1.89 bits per heavy atom. The number of rotatable bonds is 5. The molecule has 0 radical (unpaired) electrons. The topological polar surface area (TPSA) is 44.8 Å². The van der Waals surface area contributed by atoms with Crippen LogP contribution >= 0.6 is 15.9 Å². The van der Waals surface area contributed by atoms with Crippen LogP contribution in [-0.2, 0) is 4.79 Å². The Labute approximate surface area is 169 Å². The molecule has 0 saturated carbocycles. The van der Waals surface area contributed by atoms with Crippen LogP contribution in [0.3, 0.4) is 0 Å². The van der Waals surface area contributed by atoms with Gasteiger partial charge >= 0.3 is 0 Å². The molecule has 1 unspecified atom stereocenters. The van der Waals surface area contributed by atoms with Crippen molar-refractivity contribution in [1.29, 1.82) is 0 Å². The van der Waals surface area contributed by atoms with Crippen molar-refractivity contribution in [1.82, 2.24) is 4.90 Å². The normalized spacial score (nSPS) is 16.1. The molecule has 1 heterocycles. The van der Waals surface area contributed by atoms with Gasteiger partial charge in [-0.15, -0.1) is 0 Å². The molecule has 0 aliphatic carbocycles. The smallest absolute Gasteiger partial charge is 0.241 e. The molecule has 144 valence electrons. The first-order valence-electron chi connectivity index (χ1n) is 9.18. The van der Waals surface area contributed by atoms with Gasteiger partial charge in [0.1, 0.15) is 5.75 Å². The van der Waals surface area contributed by atoms with Crippen molar-refractivity contribution < 1.29 is 9.53 Å². The summed E-state index contributed by atoms with van der Waals surface area (Å²) in [5.41, 5.74) is 3.13. The molecule has 1 aliphatic heterocycles. The number of methoxy groups -OCH3 is 1. The zero-order valence-corrected chi connectivity index (χ0v) is 17.6. The molecule has 1 N–H and O–H groups in total. The molecular weight excluding hydrogens is 406 g/mol. The highest BCUT2D eigenvalue weighted by molar-refractivity contribution is 9.10. The summed E-state index contributed by atoms with van der Waals surface area (Å²) in [6.45, 7) is 7.47. The number of benzene rings is 2. The highest BCUT2D eigenvalue weighted by atomic mass is 79.9. The molecule has 1 amide bonds. The number of carbonyl (C=O) groups is 1. The van der Waals surface area contributed by atoms with E-state index in [0.717, 1.165) is 53.3 Å². The number of piperazine rings is 1. The Kier molecular flexibility index (Phi) is 6.39. The van der Waals surface area contributed by atoms with E-state index in [1.165, 1.54) is 0 Å². The van der Waals surface area contributed by atoms with Crippen molar-refractivity contribution in [3.63, 3.8) is 0 Å². The molecule has 0 spiro atoms. The van der Waals surface area contributed by atoms with E-state index >= 15 is 0 Å². The van der Waals surface area contributed by atoms with E-state index in [9.17, 15) is 4.79 Å². The van der Waals surface area contributed by atoms with E-state index in [1.54, 1.807) is 7.11 Å². The number of halogens is 1. The van der Waals surface area contributed by atoms with Gasteiger partial charge in [0, 0.05) is 42.4 Å². The minimum Gasteiger partial charge on any atom is -0.497 e. The fourth-order valence-electron chi connectivity index (χ4n) is 3.30. The Balaban J connectivity index is 1.57. The predicted octanol–water partition coefficient (Wildman–Crippen LogP) is 3.92. The van der Waals surface area contributed by atoms with Crippen LogP contribution in [-0.4, -0.2) is 50.1 Å². The third-order valence-corrected chi connectivity index (χ3v) is 5.70. The van der Waals surface area contributed by atoms with Crippen molar-refractivity contribution >= 4 is 33.2 Å². The number of hydrogen-bond acceptors (Lipinski definition) is 4. The molecule has 1 atom stereocenters. The number of nitrogens with zero attached hydrogens (tertiary/aromatic N) is 2. The summed E-state index contributed by atoms with van der Waals surface area (Å²) in [6, 6.07) is 13.9. The zero-order valence-electron chi connectivity index (χ0n) is 16.0. The van der Waals surface area contributed by atoms with Crippen LogP contribution in [0, 0.1) is 6.92 Å². The van der Waals surface area contributed by atoms with E-state index in [4.69, 9.17) is 4.74 Å². The molecule has 1 saturated heterocycles. The monoisotopic (exact) mass is 431 g/mol. The lowest BCUT2D eigenvalue weighted by Gasteiger charge is -2.38. The summed E-state index contributed by atoms with van der Waals surface area (Å²) in [4.78, 5) is 17.2. The molecule has 27 heavy (non-hydrogen) atoms. The SMILES string of the molecule is COc1cccc(N2CCN(C(C)C(=O)Nc3ccc(C)cc3Br)CC2)c1. The fraction of sp³-hybridized carbons (Fsp3) is 0.381. The van der Waals surface area contributed by atoms with Gasteiger partial charge in [0.05, 0.1) is 18.8 Å². The number of anilines is 2. The maximum Gasteiger partial charge on any atom is 0.241 e. The van der Waals surface area contributed by atoms with Crippen molar-refractivity contribution in [3.05, 3.63) is 52.5 Å². The first-order valence-corrected chi connectivity index (χ1v) is 9.97. The largest absolute Gasteiger partial charge is 0.497 e. The van der Waals surface area contributed by atoms with Crippen LogP contribution in [0.15, 0.2) is 46.9 Å². The molecule has 0 bridgehead atoms. The Morgan fingerprint density at radius 3 is 2.56 bits per heavy atom. The minimum absolute atomic E-state index is 0.0226. The van der Waals surface area contributed by atoms with Crippen LogP contribution in [0.2, 0.25) is 0 Å². The number of amides is 1. The van der Waals surface area contributed by atoms with Crippen LogP contribution in [0.25, 0.3) is 0 Å². The predicted molar refractivity (Wildman–Crippen MR) is 114 cm³/mol. The van der Waals surface area contributed by atoms with Crippen LogP contribution in [0.1, 0.15) is 12.5 Å². The third-order valence-electron chi connectivity index (χ3n) is 5.04. The highest BCUT2D eigenvalue weighted by Gasteiger charge is 2.26. The first-order chi connectivity index (χ1) is 13.0. The molecule has 2 aromatic carbocycles. The van der Waals surface area contributed by atoms with E-state index < -0.39 is 0 Å². The lowest BCUT2D eigenvalue weighted by molar-refractivity contribution is -0.120. The maximum atomic E-state index is 12.7. The highest BCUT2D eigenvalue weighted by Crippen LogP contribution is 2.25. The second kappa shape index (κ2) is 8.76. The number of ether oxygens (including phenoxy) is 1. The summed E-state index contributed by atoms with van der Waals surface area (Å²) in [6.07, 6.45) is 0. The lowest BCUT2D eigenvalue weighted by Crippen LogP contribution is -2.52. The average molecular weight is 432 g/mol. The lowest BCUT2D eigenvalue weighted by atomic mass is 10.1. The molecule has 6 heteroatoms. The fourth-order valence-corrected chi connectivity index (χ4v) is 3.89. The van der Waals surface area contributed by atoms with Crippen LogP contribution in [0.4, 0.5) is 11.4 Å². The minimum atomic E-state index is -0.175. The number of nitrogens with one attached hydrogen (secondary N) is 1. The van der Waals surface area contributed by atoms with Crippen LogP contribution in [0.5, 0.6) is 5.75 Å². The van der Waals surface area contributed by atoms with Gasteiger partial charge in [-0.05, 0) is 59.6 Å². The van der Waals surface area contributed by atoms with Crippen LogP contribution < -0.4 is 15.0 Å². The Bertz CT molecular complexity index is 804. The Hall–Kier alpha value is -2.05. The second-order valence-electron chi connectivity index (χ2n) is 6.87. The van der Waals surface area contributed by atoms with E-state index in [2.05, 4.69) is 43.2 Å². The second-order valence-corrected chi connectivity index (χ2v) is 7.73. The van der Waals surface area contributed by atoms with Gasteiger partial charge in [-0.1, -0.05) is 12.1 Å². The van der Waals surface area contributed by atoms with Gasteiger partial charge in [-0.2, -0.15) is 0 Å². The van der Waals surface area contributed by atoms with Gasteiger partial charge in [0.2, 0.25) is 5.91 Å². The van der Waals surface area contributed by atoms with Gasteiger partial charge in [-0.25, -0.2) is 0 Å². The zero-order chi connectivity index (χ0) is 19.4. The number of hydrogen-bond donors (Lipinski definition) is 1. The summed E-state index contributed by atoms with van der Waals surface area (Å²) in [5.74, 6) is 0.890. The molecule has 1 fully saturated rings. The van der Waals surface area contributed by atoms with Crippen molar-refractivity contribution in [3.8, 4) is 5.75 Å². The standard InChI is InChI=1S/C21H26BrN3O2/c1-15-7-8-20(19(22)13-15)23-21(26)16(2)24-9-11-25(12-10-24)17-5-4-6-18(14-17)27-3/h4-8,13-14,16H,9-12H2,1-3H3,(H,23,26). The van der Waals surface area contributed by atoms with Gasteiger partial charge in [0.15, 0.2) is 0 Å². The van der Waals surface area contributed by atoms with Gasteiger partial charge in [0.25, 0.3) is 0 Å². The molecular formula is C21H26BrN3O2. The third kappa shape index (κ3) is 4.82. The van der Waals surface area contributed by atoms with E-state index in [-0.39, 0.29) is 11.9 Å². The molecule has 1 aliphatic rings. The summed E-state index contributed by atoms with van der Waals surface area (Å²) in [5, 5.41) is 3.03. The van der Waals surface area contributed by atoms with E-state index in [0.29, 0.717) is 0 Å². The van der Waals surface area contributed by atoms with Gasteiger partial charge < -0.3 is 15.0 Å². The molecule has 0 aromatic heterocycles. The maximum absolute atomic E-state index is 12.7. The number of aryl methyl sites for hydroxylation is 1. The Morgan fingerprint density at radius 1 is 1.15 bits per heavy atom. The summed E-state index contributed by atoms with van der Waals surface area (Å²) < 4.78 is 6.22. The molecule has 3 rings (SSSR count). The average Bonchev–Trinajstić information content (AvgIpc) is 2.69. The van der Waals surface area contributed by atoms with Crippen molar-refractivity contribution in [2.75, 3.05) is 43.5 Å². The quantitative estimate of drug-likeness (QED) is 0.778. The number of carbonyl (C=O) groups excluding carboxylic acids is 1. The van der Waals surface area contributed by atoms with E-state index in [1.807, 2.05) is 44.2 Å². The summed E-state index contributed by atoms with van der Waals surface area (Å²) in [7, 11) is 1.68. The van der Waals surface area contributed by atoms with Crippen molar-refractivity contribution in [2.24, 2.45) is 0 Å². The first kappa shape index (κ1) is 19.7. The van der Waals surface area contributed by atoms with Gasteiger partial charge in [-0.3, -0.25) is 9.69 Å². The molecule has 2 aromatic rings.